The number of carbonyl (C=O) groups excluding carboxylic acids is 3. The van der Waals surface area contributed by atoms with Crippen LogP contribution in [0.4, 0.5) is 0 Å². The second-order valence-corrected chi connectivity index (χ2v) is 8.98. The number of halogens is 3. The zero-order valence-corrected chi connectivity index (χ0v) is 22.6. The van der Waals surface area contributed by atoms with Crippen LogP contribution in [0.15, 0.2) is 64.2 Å². The molecule has 37 heavy (non-hydrogen) atoms. The Morgan fingerprint density at radius 2 is 1.59 bits per heavy atom. The first-order valence-corrected chi connectivity index (χ1v) is 12.1. The van der Waals surface area contributed by atoms with Gasteiger partial charge in [-0.25, -0.2) is 10.2 Å². The van der Waals surface area contributed by atoms with E-state index in [-0.39, 0.29) is 28.4 Å². The first-order valence-electron chi connectivity index (χ1n) is 10.5. The van der Waals surface area contributed by atoms with Gasteiger partial charge in [0.05, 0.1) is 42.6 Å². The molecule has 3 aromatic carbocycles. The van der Waals surface area contributed by atoms with Crippen molar-refractivity contribution in [1.82, 2.24) is 10.7 Å². The molecular weight excluding hydrogens is 589 g/mol. The monoisotopic (exact) mass is 607 g/mol. The summed E-state index contributed by atoms with van der Waals surface area (Å²) in [6.07, 6.45) is 1.31. The van der Waals surface area contributed by atoms with Crippen molar-refractivity contribution < 1.29 is 28.6 Å². The van der Waals surface area contributed by atoms with E-state index in [9.17, 15) is 14.4 Å². The van der Waals surface area contributed by atoms with E-state index >= 15 is 0 Å². The zero-order chi connectivity index (χ0) is 26.9. The second kappa shape index (κ2) is 13.1. The van der Waals surface area contributed by atoms with Crippen molar-refractivity contribution in [2.45, 2.75) is 0 Å². The van der Waals surface area contributed by atoms with E-state index in [1.165, 1.54) is 44.7 Å². The number of hydrazone groups is 1. The predicted octanol–water partition coefficient (Wildman–Crippen LogP) is 4.87. The van der Waals surface area contributed by atoms with Crippen LogP contribution < -0.4 is 25.0 Å². The molecule has 9 nitrogen and oxygen atoms in total. The summed E-state index contributed by atoms with van der Waals surface area (Å²) in [5.74, 6) is -0.665. The first kappa shape index (κ1) is 28.0. The van der Waals surface area contributed by atoms with Gasteiger partial charge in [-0.2, -0.15) is 5.10 Å². The standard InChI is InChI=1S/C25H20BrCl2N3O6/c1-35-21-7-4-15(11-22(21)36-2)25(34)37-20-8-5-17(26)9-16(20)12-30-31-23(32)13-29-24(33)14-3-6-18(27)19(28)10-14/h3-12H,13H2,1-2H3,(H,29,33)(H,31,32). The maximum Gasteiger partial charge on any atom is 0.343 e. The molecule has 0 radical (unpaired) electrons. The quantitative estimate of drug-likeness (QED) is 0.155. The van der Waals surface area contributed by atoms with Crippen LogP contribution in [0.2, 0.25) is 10.0 Å². The molecule has 0 atom stereocenters. The van der Waals surface area contributed by atoms with Crippen LogP contribution in [0.3, 0.4) is 0 Å². The van der Waals surface area contributed by atoms with Gasteiger partial charge in [-0.1, -0.05) is 39.1 Å². The molecule has 0 aliphatic carbocycles. The molecule has 3 aromatic rings. The number of rotatable bonds is 9. The van der Waals surface area contributed by atoms with Crippen LogP contribution in [0.25, 0.3) is 0 Å². The number of nitrogens with one attached hydrogen (secondary N) is 2. The number of carbonyl (C=O) groups is 3. The molecule has 0 spiro atoms. The second-order valence-electron chi connectivity index (χ2n) is 7.25. The highest BCUT2D eigenvalue weighted by Crippen LogP contribution is 2.29. The Balaban J connectivity index is 1.62. The number of amides is 2. The van der Waals surface area contributed by atoms with Crippen molar-refractivity contribution in [3.8, 4) is 17.2 Å². The summed E-state index contributed by atoms with van der Waals surface area (Å²) < 4.78 is 16.6. The van der Waals surface area contributed by atoms with Crippen LogP contribution in [0, 0.1) is 0 Å². The third-order valence-corrected chi connectivity index (χ3v) is 6.01. The summed E-state index contributed by atoms with van der Waals surface area (Å²) in [6, 6.07) is 13.9. The Morgan fingerprint density at radius 1 is 0.892 bits per heavy atom. The normalized spacial score (nSPS) is 10.6. The predicted molar refractivity (Wildman–Crippen MR) is 143 cm³/mol. The van der Waals surface area contributed by atoms with Crippen molar-refractivity contribution in [2.75, 3.05) is 20.8 Å². The number of esters is 1. The van der Waals surface area contributed by atoms with Crippen molar-refractivity contribution in [2.24, 2.45) is 5.10 Å². The minimum absolute atomic E-state index is 0.203. The maximum atomic E-state index is 12.7. The van der Waals surface area contributed by atoms with Gasteiger partial charge in [-0.15, -0.1) is 0 Å². The Labute approximate surface area is 230 Å². The van der Waals surface area contributed by atoms with E-state index in [4.69, 9.17) is 37.4 Å². The molecule has 0 bridgehead atoms. The molecule has 0 saturated carbocycles. The lowest BCUT2D eigenvalue weighted by molar-refractivity contribution is -0.120. The summed E-state index contributed by atoms with van der Waals surface area (Å²) >= 11 is 15.1. The molecule has 192 valence electrons. The van der Waals surface area contributed by atoms with Gasteiger partial charge in [0.1, 0.15) is 5.75 Å². The molecular formula is C25H20BrCl2N3O6. The number of methoxy groups -OCH3 is 2. The van der Waals surface area contributed by atoms with Gasteiger partial charge in [0.2, 0.25) is 0 Å². The Hall–Kier alpha value is -3.60. The molecule has 2 N–H and O–H groups in total. The average molecular weight is 609 g/mol. The number of benzene rings is 3. The summed E-state index contributed by atoms with van der Waals surface area (Å²) in [5, 5.41) is 6.87. The van der Waals surface area contributed by atoms with Crippen molar-refractivity contribution in [1.29, 1.82) is 0 Å². The van der Waals surface area contributed by atoms with Crippen molar-refractivity contribution in [3.05, 3.63) is 85.8 Å². The van der Waals surface area contributed by atoms with Gasteiger partial charge in [0.15, 0.2) is 11.5 Å². The molecule has 0 unspecified atom stereocenters. The molecule has 0 saturated heterocycles. The summed E-state index contributed by atoms with van der Waals surface area (Å²) in [4.78, 5) is 37.0. The molecule has 0 fully saturated rings. The summed E-state index contributed by atoms with van der Waals surface area (Å²) in [5.41, 5.74) is 3.20. The van der Waals surface area contributed by atoms with Gasteiger partial charge in [0.25, 0.3) is 11.8 Å². The molecule has 12 heteroatoms. The summed E-state index contributed by atoms with van der Waals surface area (Å²) in [7, 11) is 2.95. The molecule has 0 heterocycles. The zero-order valence-electron chi connectivity index (χ0n) is 19.5. The van der Waals surface area contributed by atoms with E-state index in [0.29, 0.717) is 26.6 Å². The minimum Gasteiger partial charge on any atom is -0.493 e. The van der Waals surface area contributed by atoms with Gasteiger partial charge in [0, 0.05) is 15.6 Å². The van der Waals surface area contributed by atoms with Gasteiger partial charge >= 0.3 is 5.97 Å². The van der Waals surface area contributed by atoms with E-state index < -0.39 is 17.8 Å². The topological polar surface area (TPSA) is 115 Å². The fourth-order valence-electron chi connectivity index (χ4n) is 2.95. The molecule has 0 aliphatic rings. The van der Waals surface area contributed by atoms with Crippen LogP contribution in [-0.2, 0) is 4.79 Å². The highest BCUT2D eigenvalue weighted by molar-refractivity contribution is 9.10. The minimum atomic E-state index is -0.632. The molecule has 0 aromatic heterocycles. The Kier molecular flexibility index (Phi) is 9.90. The van der Waals surface area contributed by atoms with Gasteiger partial charge in [-0.05, 0) is 54.6 Å². The lowest BCUT2D eigenvalue weighted by Crippen LogP contribution is -2.34. The highest BCUT2D eigenvalue weighted by Gasteiger charge is 2.15. The van der Waals surface area contributed by atoms with Crippen molar-refractivity contribution in [3.63, 3.8) is 0 Å². The number of hydrogen-bond acceptors (Lipinski definition) is 7. The maximum absolute atomic E-state index is 12.7. The average Bonchev–Trinajstić information content (AvgIpc) is 2.89. The van der Waals surface area contributed by atoms with Crippen molar-refractivity contribution >= 4 is 63.1 Å². The SMILES string of the molecule is COc1ccc(C(=O)Oc2ccc(Br)cc2C=NNC(=O)CNC(=O)c2ccc(Cl)c(Cl)c2)cc1OC. The fraction of sp³-hybridized carbons (Fsp3) is 0.120. The van der Waals surface area contributed by atoms with Crippen LogP contribution in [0.1, 0.15) is 26.3 Å². The van der Waals surface area contributed by atoms with E-state index in [0.717, 1.165) is 0 Å². The number of nitrogens with zero attached hydrogens (tertiary/aromatic N) is 1. The lowest BCUT2D eigenvalue weighted by Gasteiger charge is -2.11. The first-order chi connectivity index (χ1) is 17.7. The van der Waals surface area contributed by atoms with Crippen LogP contribution >= 0.6 is 39.1 Å². The smallest absolute Gasteiger partial charge is 0.343 e. The fourth-order valence-corrected chi connectivity index (χ4v) is 3.63. The Bertz CT molecular complexity index is 1370. The third kappa shape index (κ3) is 7.69. The Morgan fingerprint density at radius 3 is 2.30 bits per heavy atom. The van der Waals surface area contributed by atoms with E-state index in [2.05, 4.69) is 31.8 Å². The van der Waals surface area contributed by atoms with E-state index in [1.54, 1.807) is 30.3 Å². The van der Waals surface area contributed by atoms with Crippen LogP contribution in [-0.4, -0.2) is 44.8 Å². The van der Waals surface area contributed by atoms with Gasteiger partial charge in [-0.3, -0.25) is 9.59 Å². The molecule has 3 rings (SSSR count). The lowest BCUT2D eigenvalue weighted by atomic mass is 10.2. The molecule has 0 aliphatic heterocycles. The van der Waals surface area contributed by atoms with Crippen LogP contribution in [0.5, 0.6) is 17.2 Å². The number of hydrogen-bond donors (Lipinski definition) is 2. The number of ether oxygens (including phenoxy) is 3. The highest BCUT2D eigenvalue weighted by atomic mass is 79.9. The summed E-state index contributed by atoms with van der Waals surface area (Å²) in [6.45, 7) is -0.337. The third-order valence-electron chi connectivity index (χ3n) is 4.78. The largest absolute Gasteiger partial charge is 0.493 e. The van der Waals surface area contributed by atoms with Gasteiger partial charge < -0.3 is 19.5 Å². The van der Waals surface area contributed by atoms with E-state index in [1.807, 2.05) is 0 Å². The molecule has 2 amide bonds.